The number of nitrogens with zero attached hydrogens (tertiary/aromatic N) is 2. The van der Waals surface area contributed by atoms with Crippen LogP contribution < -0.4 is 5.32 Å². The molecule has 0 saturated carbocycles. The van der Waals surface area contributed by atoms with E-state index in [-0.39, 0.29) is 18.5 Å². The Morgan fingerprint density at radius 3 is 3.12 bits per heavy atom. The highest BCUT2D eigenvalue weighted by molar-refractivity contribution is 5.76. The van der Waals surface area contributed by atoms with Gasteiger partial charge in [0.15, 0.2) is 0 Å². The summed E-state index contributed by atoms with van der Waals surface area (Å²) in [5.41, 5.74) is 2.20. The molecular weight excluding hydrogens is 218 g/mol. The molecule has 17 heavy (non-hydrogen) atoms. The molecule has 1 aromatic rings. The Labute approximate surface area is 101 Å². The van der Waals surface area contributed by atoms with E-state index in [1.165, 1.54) is 5.56 Å². The molecule has 0 aliphatic carbocycles. The first-order valence-corrected chi connectivity index (χ1v) is 6.09. The number of ether oxygens (including phenoxy) is 1. The molecule has 0 radical (unpaired) electrons. The average molecular weight is 237 g/mol. The van der Waals surface area contributed by atoms with Crippen LogP contribution in [0.4, 0.5) is 0 Å². The fraction of sp³-hybridized carbons (Fsp3) is 0.667. The van der Waals surface area contributed by atoms with Crippen molar-refractivity contribution in [2.75, 3.05) is 13.2 Å². The van der Waals surface area contributed by atoms with Crippen LogP contribution in [0.25, 0.3) is 0 Å². The molecule has 5 heteroatoms. The number of nitrogens with one attached hydrogen (secondary N) is 1. The Hall–Kier alpha value is -1.36. The molecule has 5 nitrogen and oxygen atoms in total. The Bertz CT molecular complexity index is 394. The summed E-state index contributed by atoms with van der Waals surface area (Å²) in [5.74, 6) is 0.00523. The van der Waals surface area contributed by atoms with Gasteiger partial charge in [-0.05, 0) is 25.3 Å². The van der Waals surface area contributed by atoms with Crippen LogP contribution in [0.2, 0.25) is 0 Å². The lowest BCUT2D eigenvalue weighted by atomic mass is 10.2. The van der Waals surface area contributed by atoms with Gasteiger partial charge < -0.3 is 10.1 Å². The summed E-state index contributed by atoms with van der Waals surface area (Å²) in [5, 5.41) is 7.27. The molecule has 2 heterocycles. The van der Waals surface area contributed by atoms with Gasteiger partial charge in [-0.1, -0.05) is 6.92 Å². The van der Waals surface area contributed by atoms with Crippen LogP contribution in [0.15, 0.2) is 6.20 Å². The smallest absolute Gasteiger partial charge is 0.242 e. The van der Waals surface area contributed by atoms with Crippen LogP contribution in [0.5, 0.6) is 0 Å². The number of carbonyl (C=O) groups excluding carboxylic acids is 1. The van der Waals surface area contributed by atoms with Gasteiger partial charge in [-0.2, -0.15) is 5.10 Å². The Morgan fingerprint density at radius 2 is 2.53 bits per heavy atom. The predicted octanol–water partition coefficient (Wildman–Crippen LogP) is 0.659. The highest BCUT2D eigenvalue weighted by atomic mass is 16.5. The molecule has 1 N–H and O–H groups in total. The van der Waals surface area contributed by atoms with E-state index in [2.05, 4.69) is 17.3 Å². The third-order valence-electron chi connectivity index (χ3n) is 3.03. The van der Waals surface area contributed by atoms with Gasteiger partial charge in [0.1, 0.15) is 6.54 Å². The van der Waals surface area contributed by atoms with Gasteiger partial charge in [0, 0.05) is 12.8 Å². The Balaban J connectivity index is 1.88. The largest absolute Gasteiger partial charge is 0.379 e. The molecule has 2 rings (SSSR count). The van der Waals surface area contributed by atoms with Crippen LogP contribution in [-0.2, 0) is 22.5 Å². The van der Waals surface area contributed by atoms with E-state index in [1.807, 2.05) is 13.1 Å². The quantitative estimate of drug-likeness (QED) is 0.837. The maximum absolute atomic E-state index is 11.7. The van der Waals surface area contributed by atoms with Crippen LogP contribution in [0, 0.1) is 6.92 Å². The first kappa shape index (κ1) is 12.1. The van der Waals surface area contributed by atoms with Gasteiger partial charge in [-0.3, -0.25) is 9.48 Å². The van der Waals surface area contributed by atoms with Gasteiger partial charge in [-0.15, -0.1) is 0 Å². The lowest BCUT2D eigenvalue weighted by Gasteiger charge is -2.10. The second kappa shape index (κ2) is 5.31. The first-order valence-electron chi connectivity index (χ1n) is 6.09. The van der Waals surface area contributed by atoms with Crippen LogP contribution >= 0.6 is 0 Å². The highest BCUT2D eigenvalue weighted by Crippen LogP contribution is 2.06. The SMILES string of the molecule is CCc1cn(CC(=O)NC2CCOC2)nc1C. The maximum Gasteiger partial charge on any atom is 0.242 e. The molecule has 1 saturated heterocycles. The average Bonchev–Trinajstić information content (AvgIpc) is 2.88. The first-order chi connectivity index (χ1) is 8.19. The van der Waals surface area contributed by atoms with E-state index in [0.717, 1.165) is 25.1 Å². The van der Waals surface area contributed by atoms with Crippen molar-refractivity contribution in [1.29, 1.82) is 0 Å². The fourth-order valence-corrected chi connectivity index (χ4v) is 2.06. The number of hydrogen-bond acceptors (Lipinski definition) is 3. The summed E-state index contributed by atoms with van der Waals surface area (Å²) in [4.78, 5) is 11.7. The molecule has 1 unspecified atom stereocenters. The fourth-order valence-electron chi connectivity index (χ4n) is 2.06. The van der Waals surface area contributed by atoms with Crippen molar-refractivity contribution >= 4 is 5.91 Å². The van der Waals surface area contributed by atoms with Crippen molar-refractivity contribution in [3.8, 4) is 0 Å². The van der Waals surface area contributed by atoms with Gasteiger partial charge in [-0.25, -0.2) is 0 Å². The van der Waals surface area contributed by atoms with E-state index >= 15 is 0 Å². The molecule has 0 bridgehead atoms. The molecular formula is C12H19N3O2. The van der Waals surface area contributed by atoms with Gasteiger partial charge in [0.25, 0.3) is 0 Å². The molecule has 1 aromatic heterocycles. The number of rotatable bonds is 4. The van der Waals surface area contributed by atoms with Gasteiger partial charge in [0.05, 0.1) is 18.3 Å². The van der Waals surface area contributed by atoms with E-state index < -0.39 is 0 Å². The molecule has 1 atom stereocenters. The molecule has 0 spiro atoms. The van der Waals surface area contributed by atoms with Gasteiger partial charge >= 0.3 is 0 Å². The molecule has 1 aliphatic heterocycles. The van der Waals surface area contributed by atoms with Crippen molar-refractivity contribution in [2.45, 2.75) is 39.3 Å². The Morgan fingerprint density at radius 1 is 1.71 bits per heavy atom. The lowest BCUT2D eigenvalue weighted by Crippen LogP contribution is -2.37. The van der Waals surface area contributed by atoms with Crippen molar-refractivity contribution in [3.63, 3.8) is 0 Å². The number of carbonyl (C=O) groups is 1. The summed E-state index contributed by atoms with van der Waals surface area (Å²) >= 11 is 0. The second-order valence-corrected chi connectivity index (χ2v) is 4.42. The minimum absolute atomic E-state index is 0.00523. The summed E-state index contributed by atoms with van der Waals surface area (Å²) in [6, 6.07) is 0.171. The molecule has 1 aliphatic rings. The summed E-state index contributed by atoms with van der Waals surface area (Å²) in [6.45, 7) is 5.72. The molecule has 1 amide bonds. The second-order valence-electron chi connectivity index (χ2n) is 4.42. The molecule has 94 valence electrons. The van der Waals surface area contributed by atoms with Crippen molar-refractivity contribution < 1.29 is 9.53 Å². The van der Waals surface area contributed by atoms with E-state index in [1.54, 1.807) is 4.68 Å². The topological polar surface area (TPSA) is 56.2 Å². The molecule has 1 fully saturated rings. The highest BCUT2D eigenvalue weighted by Gasteiger charge is 2.18. The summed E-state index contributed by atoms with van der Waals surface area (Å²) in [7, 11) is 0. The minimum atomic E-state index is 0.00523. The van der Waals surface area contributed by atoms with Crippen molar-refractivity contribution in [3.05, 3.63) is 17.5 Å². The van der Waals surface area contributed by atoms with Crippen molar-refractivity contribution in [2.24, 2.45) is 0 Å². The number of amides is 1. The zero-order chi connectivity index (χ0) is 12.3. The zero-order valence-electron chi connectivity index (χ0n) is 10.4. The number of aromatic nitrogens is 2. The standard InChI is InChI=1S/C12H19N3O2/c1-3-10-6-15(14-9(10)2)7-12(16)13-11-4-5-17-8-11/h6,11H,3-5,7-8H2,1-2H3,(H,13,16). The normalized spacial score (nSPS) is 19.5. The monoisotopic (exact) mass is 237 g/mol. The zero-order valence-corrected chi connectivity index (χ0v) is 10.4. The van der Waals surface area contributed by atoms with Crippen LogP contribution in [-0.4, -0.2) is 34.9 Å². The van der Waals surface area contributed by atoms with Gasteiger partial charge in [0.2, 0.25) is 5.91 Å². The lowest BCUT2D eigenvalue weighted by molar-refractivity contribution is -0.122. The third-order valence-corrected chi connectivity index (χ3v) is 3.03. The summed E-state index contributed by atoms with van der Waals surface area (Å²) in [6.07, 6.45) is 3.80. The number of hydrogen-bond donors (Lipinski definition) is 1. The third kappa shape index (κ3) is 3.06. The molecule has 0 aromatic carbocycles. The summed E-state index contributed by atoms with van der Waals surface area (Å²) < 4.78 is 6.92. The van der Waals surface area contributed by atoms with Crippen LogP contribution in [0.3, 0.4) is 0 Å². The van der Waals surface area contributed by atoms with E-state index in [0.29, 0.717) is 6.61 Å². The minimum Gasteiger partial charge on any atom is -0.379 e. The maximum atomic E-state index is 11.7. The van der Waals surface area contributed by atoms with E-state index in [9.17, 15) is 4.79 Å². The predicted molar refractivity (Wildman–Crippen MR) is 63.7 cm³/mol. The van der Waals surface area contributed by atoms with E-state index in [4.69, 9.17) is 4.74 Å². The van der Waals surface area contributed by atoms with Crippen LogP contribution in [0.1, 0.15) is 24.6 Å². The van der Waals surface area contributed by atoms with Crippen molar-refractivity contribution in [1.82, 2.24) is 15.1 Å². The Kier molecular flexibility index (Phi) is 3.78. The number of aryl methyl sites for hydroxylation is 2.